The molecule has 0 amide bonds. The molecular formula is C16H18FN3O. The van der Waals surface area contributed by atoms with Gasteiger partial charge < -0.3 is 9.64 Å². The molecule has 1 aliphatic heterocycles. The first-order valence-corrected chi connectivity index (χ1v) is 7.10. The summed E-state index contributed by atoms with van der Waals surface area (Å²) in [5.41, 5.74) is 1.91. The zero-order valence-corrected chi connectivity index (χ0v) is 12.0. The highest BCUT2D eigenvalue weighted by Crippen LogP contribution is 2.18. The van der Waals surface area contributed by atoms with Crippen LogP contribution in [-0.2, 0) is 11.2 Å². The lowest BCUT2D eigenvalue weighted by Crippen LogP contribution is -2.43. The van der Waals surface area contributed by atoms with Gasteiger partial charge >= 0.3 is 0 Å². The summed E-state index contributed by atoms with van der Waals surface area (Å²) >= 11 is 0. The Morgan fingerprint density at radius 2 is 2.24 bits per heavy atom. The molecule has 1 fully saturated rings. The van der Waals surface area contributed by atoms with Crippen LogP contribution in [0.5, 0.6) is 0 Å². The lowest BCUT2D eigenvalue weighted by molar-refractivity contribution is 0.0407. The molecule has 2 heterocycles. The van der Waals surface area contributed by atoms with Crippen LogP contribution in [0.25, 0.3) is 0 Å². The maximum absolute atomic E-state index is 13.2. The van der Waals surface area contributed by atoms with Crippen molar-refractivity contribution in [1.82, 2.24) is 9.97 Å². The normalized spacial score (nSPS) is 18.8. The van der Waals surface area contributed by atoms with E-state index < -0.39 is 0 Å². The summed E-state index contributed by atoms with van der Waals surface area (Å²) in [7, 11) is 0. The summed E-state index contributed by atoms with van der Waals surface area (Å²) in [4.78, 5) is 10.6. The third-order valence-corrected chi connectivity index (χ3v) is 3.60. The minimum atomic E-state index is -0.202. The van der Waals surface area contributed by atoms with E-state index in [4.69, 9.17) is 4.74 Å². The van der Waals surface area contributed by atoms with E-state index in [9.17, 15) is 4.39 Å². The average molecular weight is 287 g/mol. The Labute approximate surface area is 123 Å². The molecule has 21 heavy (non-hydrogen) atoms. The fourth-order valence-corrected chi connectivity index (χ4v) is 2.59. The highest BCUT2D eigenvalue weighted by molar-refractivity contribution is 5.39. The molecule has 0 N–H and O–H groups in total. The minimum absolute atomic E-state index is 0.0517. The van der Waals surface area contributed by atoms with E-state index in [0.717, 1.165) is 30.2 Å². The van der Waals surface area contributed by atoms with E-state index in [-0.39, 0.29) is 11.9 Å². The fourth-order valence-electron chi connectivity index (χ4n) is 2.59. The van der Waals surface area contributed by atoms with Gasteiger partial charge in [0, 0.05) is 31.3 Å². The van der Waals surface area contributed by atoms with E-state index in [1.54, 1.807) is 18.5 Å². The average Bonchev–Trinajstić information content (AvgIpc) is 2.47. The van der Waals surface area contributed by atoms with Crippen molar-refractivity contribution in [2.24, 2.45) is 0 Å². The van der Waals surface area contributed by atoms with Gasteiger partial charge in [-0.15, -0.1) is 0 Å². The number of anilines is 1. The Hall–Kier alpha value is -2.01. The number of hydrogen-bond donors (Lipinski definition) is 0. The summed E-state index contributed by atoms with van der Waals surface area (Å²) in [6.45, 7) is 4.18. The van der Waals surface area contributed by atoms with Crippen LogP contribution in [0.1, 0.15) is 11.3 Å². The first kappa shape index (κ1) is 13.9. The van der Waals surface area contributed by atoms with Crippen LogP contribution in [0.3, 0.4) is 0 Å². The molecular weight excluding hydrogens is 269 g/mol. The van der Waals surface area contributed by atoms with Crippen LogP contribution in [-0.4, -0.2) is 35.8 Å². The predicted octanol–water partition coefficient (Wildman–Crippen LogP) is 2.37. The third-order valence-electron chi connectivity index (χ3n) is 3.60. The van der Waals surface area contributed by atoms with Crippen molar-refractivity contribution in [2.45, 2.75) is 19.4 Å². The van der Waals surface area contributed by atoms with Gasteiger partial charge in [-0.25, -0.2) is 14.4 Å². The Morgan fingerprint density at radius 1 is 1.33 bits per heavy atom. The van der Waals surface area contributed by atoms with E-state index in [1.165, 1.54) is 6.07 Å². The Balaban J connectivity index is 1.68. The molecule has 3 rings (SSSR count). The first-order valence-electron chi connectivity index (χ1n) is 7.10. The van der Waals surface area contributed by atoms with Gasteiger partial charge in [-0.1, -0.05) is 12.1 Å². The molecule has 1 aromatic carbocycles. The van der Waals surface area contributed by atoms with Crippen molar-refractivity contribution < 1.29 is 9.13 Å². The first-order chi connectivity index (χ1) is 10.2. The monoisotopic (exact) mass is 287 g/mol. The lowest BCUT2D eigenvalue weighted by atomic mass is 10.1. The number of aromatic nitrogens is 2. The molecule has 110 valence electrons. The molecule has 0 bridgehead atoms. The van der Waals surface area contributed by atoms with Crippen molar-refractivity contribution in [1.29, 1.82) is 0 Å². The van der Waals surface area contributed by atoms with E-state index in [2.05, 4.69) is 14.9 Å². The van der Waals surface area contributed by atoms with Gasteiger partial charge in [0.1, 0.15) is 18.0 Å². The highest BCUT2D eigenvalue weighted by atomic mass is 19.1. The zero-order valence-electron chi connectivity index (χ0n) is 12.0. The van der Waals surface area contributed by atoms with Crippen LogP contribution in [0.15, 0.2) is 36.7 Å². The maximum atomic E-state index is 13.2. The number of hydrogen-bond acceptors (Lipinski definition) is 4. The van der Waals surface area contributed by atoms with Crippen LogP contribution >= 0.6 is 0 Å². The molecule has 0 spiro atoms. The molecule has 1 aromatic heterocycles. The van der Waals surface area contributed by atoms with Gasteiger partial charge in [0.25, 0.3) is 0 Å². The van der Waals surface area contributed by atoms with Crippen molar-refractivity contribution in [3.05, 3.63) is 53.7 Å². The molecule has 1 atom stereocenters. The fraction of sp³-hybridized carbons (Fsp3) is 0.375. The Kier molecular flexibility index (Phi) is 4.10. The summed E-state index contributed by atoms with van der Waals surface area (Å²) in [5, 5.41) is 0. The van der Waals surface area contributed by atoms with Crippen molar-refractivity contribution >= 4 is 5.82 Å². The van der Waals surface area contributed by atoms with Gasteiger partial charge in [0.05, 0.1) is 12.7 Å². The summed E-state index contributed by atoms with van der Waals surface area (Å²) in [6, 6.07) is 8.67. The SMILES string of the molecule is Cc1cc(N2CCOC(Cc3cccc(F)c3)C2)ncn1. The van der Waals surface area contributed by atoms with Crippen LogP contribution in [0.4, 0.5) is 10.2 Å². The standard InChI is InChI=1S/C16H18FN3O/c1-12-7-16(19-11-18-12)20-5-6-21-15(10-20)9-13-3-2-4-14(17)8-13/h2-4,7-8,11,15H,5-6,9-10H2,1H3. The van der Waals surface area contributed by atoms with Crippen molar-refractivity contribution in [2.75, 3.05) is 24.6 Å². The number of rotatable bonds is 3. The number of halogens is 1. The molecule has 0 radical (unpaired) electrons. The quantitative estimate of drug-likeness (QED) is 0.868. The predicted molar refractivity (Wildman–Crippen MR) is 78.8 cm³/mol. The second-order valence-electron chi connectivity index (χ2n) is 5.29. The summed E-state index contributed by atoms with van der Waals surface area (Å²) in [5.74, 6) is 0.724. The molecule has 1 aliphatic rings. The number of benzene rings is 1. The van der Waals surface area contributed by atoms with Crippen LogP contribution in [0, 0.1) is 12.7 Å². The van der Waals surface area contributed by atoms with E-state index >= 15 is 0 Å². The number of nitrogens with zero attached hydrogens (tertiary/aromatic N) is 3. The highest BCUT2D eigenvalue weighted by Gasteiger charge is 2.22. The molecule has 0 aliphatic carbocycles. The van der Waals surface area contributed by atoms with E-state index in [1.807, 2.05) is 19.1 Å². The zero-order chi connectivity index (χ0) is 14.7. The van der Waals surface area contributed by atoms with Crippen LogP contribution in [0.2, 0.25) is 0 Å². The number of ether oxygens (including phenoxy) is 1. The summed E-state index contributed by atoms with van der Waals surface area (Å²) < 4.78 is 19.0. The van der Waals surface area contributed by atoms with Crippen molar-refractivity contribution in [3.63, 3.8) is 0 Å². The largest absolute Gasteiger partial charge is 0.374 e. The second-order valence-corrected chi connectivity index (χ2v) is 5.29. The maximum Gasteiger partial charge on any atom is 0.132 e. The summed E-state index contributed by atoms with van der Waals surface area (Å²) in [6.07, 6.45) is 2.34. The van der Waals surface area contributed by atoms with Crippen molar-refractivity contribution in [3.8, 4) is 0 Å². The number of aryl methyl sites for hydroxylation is 1. The number of morpholine rings is 1. The molecule has 5 heteroatoms. The van der Waals surface area contributed by atoms with Gasteiger partial charge in [0.15, 0.2) is 0 Å². The Bertz CT molecular complexity index is 620. The Morgan fingerprint density at radius 3 is 3.05 bits per heavy atom. The van der Waals surface area contributed by atoms with Gasteiger partial charge in [0.2, 0.25) is 0 Å². The van der Waals surface area contributed by atoms with Gasteiger partial charge in [-0.2, -0.15) is 0 Å². The van der Waals surface area contributed by atoms with E-state index in [0.29, 0.717) is 13.0 Å². The minimum Gasteiger partial charge on any atom is -0.374 e. The molecule has 4 nitrogen and oxygen atoms in total. The topological polar surface area (TPSA) is 38.2 Å². The molecule has 0 saturated carbocycles. The molecule has 2 aromatic rings. The lowest BCUT2D eigenvalue weighted by Gasteiger charge is -2.33. The third kappa shape index (κ3) is 3.55. The van der Waals surface area contributed by atoms with Gasteiger partial charge in [-0.05, 0) is 24.6 Å². The second kappa shape index (κ2) is 6.18. The van der Waals surface area contributed by atoms with Crippen LogP contribution < -0.4 is 4.90 Å². The molecule has 1 saturated heterocycles. The smallest absolute Gasteiger partial charge is 0.132 e. The van der Waals surface area contributed by atoms with Gasteiger partial charge in [-0.3, -0.25) is 0 Å². The molecule has 1 unspecified atom stereocenters.